The smallest absolute Gasteiger partial charge is 0.117 e. The molecule has 3 heteroatoms. The van der Waals surface area contributed by atoms with Crippen LogP contribution in [-0.2, 0) is 13.0 Å². The van der Waals surface area contributed by atoms with Gasteiger partial charge in [-0.3, -0.25) is 4.90 Å². The first-order chi connectivity index (χ1) is 15.1. The molecule has 0 spiro atoms. The van der Waals surface area contributed by atoms with E-state index in [4.69, 9.17) is 0 Å². The molecule has 1 N–H and O–H groups in total. The lowest BCUT2D eigenvalue weighted by molar-refractivity contribution is 0.172. The van der Waals surface area contributed by atoms with E-state index in [2.05, 4.69) is 66.9 Å². The minimum Gasteiger partial charge on any atom is -0.508 e. The highest BCUT2D eigenvalue weighted by molar-refractivity contribution is 7.20. The average Bonchev–Trinajstić information content (AvgIpc) is 3.09. The van der Waals surface area contributed by atoms with Crippen LogP contribution in [0, 0.1) is 6.92 Å². The van der Waals surface area contributed by atoms with Gasteiger partial charge < -0.3 is 5.11 Å². The van der Waals surface area contributed by atoms with Crippen molar-refractivity contribution in [2.24, 2.45) is 0 Å². The Bertz CT molecular complexity index is 1250. The van der Waals surface area contributed by atoms with Gasteiger partial charge in [-0.25, -0.2) is 0 Å². The lowest BCUT2D eigenvalue weighted by atomic mass is 9.94. The highest BCUT2D eigenvalue weighted by atomic mass is 32.1. The molecule has 1 aliphatic rings. The van der Waals surface area contributed by atoms with Crippen molar-refractivity contribution in [3.8, 4) is 5.75 Å². The van der Waals surface area contributed by atoms with Crippen molar-refractivity contribution >= 4 is 27.0 Å². The summed E-state index contributed by atoms with van der Waals surface area (Å²) in [6, 6.07) is 23.2. The largest absolute Gasteiger partial charge is 0.508 e. The van der Waals surface area contributed by atoms with E-state index >= 15 is 0 Å². The Morgan fingerprint density at radius 2 is 1.74 bits per heavy atom. The van der Waals surface area contributed by atoms with Gasteiger partial charge in [0.25, 0.3) is 0 Å². The maximum Gasteiger partial charge on any atom is 0.117 e. The number of thiophene rings is 1. The minimum atomic E-state index is 0.309. The van der Waals surface area contributed by atoms with Gasteiger partial charge in [-0.1, -0.05) is 55.1 Å². The monoisotopic (exact) mass is 425 g/mol. The Hall–Kier alpha value is -2.88. The molecule has 0 amide bonds. The Balaban J connectivity index is 1.51. The Morgan fingerprint density at radius 1 is 1.00 bits per heavy atom. The molecule has 0 radical (unpaired) electrons. The first-order valence-corrected chi connectivity index (χ1v) is 11.7. The lowest BCUT2D eigenvalue weighted by Crippen LogP contribution is -2.36. The second kappa shape index (κ2) is 8.33. The van der Waals surface area contributed by atoms with Crippen LogP contribution in [0.25, 0.3) is 15.7 Å². The van der Waals surface area contributed by atoms with E-state index in [1.165, 1.54) is 57.6 Å². The molecule has 0 aliphatic carbocycles. The lowest BCUT2D eigenvalue weighted by Gasteiger charge is -2.30. The van der Waals surface area contributed by atoms with Gasteiger partial charge in [-0.05, 0) is 89.8 Å². The first-order valence-electron chi connectivity index (χ1n) is 10.9. The summed E-state index contributed by atoms with van der Waals surface area (Å²) in [6.45, 7) is 10.1. The Labute approximate surface area is 188 Å². The fourth-order valence-corrected chi connectivity index (χ4v) is 5.60. The van der Waals surface area contributed by atoms with Crippen molar-refractivity contribution < 1.29 is 5.11 Å². The third kappa shape index (κ3) is 4.04. The molecule has 2 nitrogen and oxygen atoms in total. The maximum absolute atomic E-state index is 10.0. The SMILES string of the molecule is C=C(c1ccccc1C)c1sc2cc(O)ccc2c1Cc1ccc(CN2CCC2)cc1. The summed E-state index contributed by atoms with van der Waals surface area (Å²) in [4.78, 5) is 3.69. The molecule has 1 fully saturated rings. The van der Waals surface area contributed by atoms with Crippen LogP contribution >= 0.6 is 11.3 Å². The number of hydrogen-bond donors (Lipinski definition) is 1. The van der Waals surface area contributed by atoms with Gasteiger partial charge in [0.05, 0.1) is 0 Å². The van der Waals surface area contributed by atoms with Crippen LogP contribution in [0.3, 0.4) is 0 Å². The van der Waals surface area contributed by atoms with Crippen molar-refractivity contribution in [3.05, 3.63) is 106 Å². The van der Waals surface area contributed by atoms with E-state index in [-0.39, 0.29) is 0 Å². The summed E-state index contributed by atoms with van der Waals surface area (Å²) in [7, 11) is 0. The predicted molar refractivity (Wildman–Crippen MR) is 132 cm³/mol. The predicted octanol–water partition coefficient (Wildman–Crippen LogP) is 6.77. The molecule has 4 aromatic rings. The van der Waals surface area contributed by atoms with Crippen LogP contribution in [0.15, 0.2) is 73.3 Å². The van der Waals surface area contributed by atoms with Crippen LogP contribution in [0.1, 0.15) is 39.1 Å². The third-order valence-corrected chi connectivity index (χ3v) is 7.53. The Kier molecular flexibility index (Phi) is 5.39. The van der Waals surface area contributed by atoms with Crippen molar-refractivity contribution in [3.63, 3.8) is 0 Å². The van der Waals surface area contributed by atoms with E-state index in [9.17, 15) is 5.11 Å². The number of phenols is 1. The van der Waals surface area contributed by atoms with E-state index in [1.807, 2.05) is 12.1 Å². The zero-order chi connectivity index (χ0) is 21.4. The molecule has 0 bridgehead atoms. The molecule has 5 rings (SSSR count). The quantitative estimate of drug-likeness (QED) is 0.368. The fraction of sp³-hybridized carbons (Fsp3) is 0.214. The maximum atomic E-state index is 10.0. The molecule has 0 saturated carbocycles. The molecular weight excluding hydrogens is 398 g/mol. The molecule has 2 heterocycles. The number of nitrogens with zero attached hydrogens (tertiary/aromatic N) is 1. The minimum absolute atomic E-state index is 0.309. The second-order valence-electron chi connectivity index (χ2n) is 8.51. The summed E-state index contributed by atoms with van der Waals surface area (Å²) in [5, 5.41) is 11.2. The molecular formula is C28H27NOS. The first kappa shape index (κ1) is 20.0. The van der Waals surface area contributed by atoms with Gasteiger partial charge in [-0.2, -0.15) is 0 Å². The highest BCUT2D eigenvalue weighted by Crippen LogP contribution is 2.40. The molecule has 1 aromatic heterocycles. The molecule has 0 atom stereocenters. The van der Waals surface area contributed by atoms with E-state index < -0.39 is 0 Å². The Morgan fingerprint density at radius 3 is 2.45 bits per heavy atom. The molecule has 3 aromatic carbocycles. The summed E-state index contributed by atoms with van der Waals surface area (Å²) >= 11 is 1.72. The second-order valence-corrected chi connectivity index (χ2v) is 9.56. The van der Waals surface area contributed by atoms with Crippen LogP contribution in [0.5, 0.6) is 5.75 Å². The van der Waals surface area contributed by atoms with Gasteiger partial charge in [-0.15, -0.1) is 11.3 Å². The van der Waals surface area contributed by atoms with Crippen LogP contribution in [0.4, 0.5) is 0 Å². The van der Waals surface area contributed by atoms with Crippen molar-refractivity contribution in [1.29, 1.82) is 0 Å². The van der Waals surface area contributed by atoms with Gasteiger partial charge >= 0.3 is 0 Å². The molecule has 1 aliphatic heterocycles. The zero-order valence-electron chi connectivity index (χ0n) is 17.9. The van der Waals surface area contributed by atoms with Crippen LogP contribution < -0.4 is 0 Å². The number of aromatic hydroxyl groups is 1. The zero-order valence-corrected chi connectivity index (χ0v) is 18.7. The fourth-order valence-electron chi connectivity index (χ4n) is 4.36. The van der Waals surface area contributed by atoms with Gasteiger partial charge in [0, 0.05) is 16.1 Å². The number of fused-ring (bicyclic) bond motifs is 1. The standard InChI is InChI=1S/C28H27NOS/c1-19-6-3-4-7-24(19)20(2)28-26(25-13-12-23(30)17-27(25)31-28)16-21-8-10-22(11-9-21)18-29-14-5-15-29/h3-4,6-13,17,30H,2,5,14-16,18H2,1H3. The molecule has 31 heavy (non-hydrogen) atoms. The number of benzene rings is 3. The van der Waals surface area contributed by atoms with Gasteiger partial charge in [0.15, 0.2) is 0 Å². The number of rotatable bonds is 6. The van der Waals surface area contributed by atoms with Crippen molar-refractivity contribution in [2.45, 2.75) is 26.3 Å². The van der Waals surface area contributed by atoms with Gasteiger partial charge in [0.2, 0.25) is 0 Å². The van der Waals surface area contributed by atoms with Crippen LogP contribution in [0.2, 0.25) is 0 Å². The normalized spacial score (nSPS) is 14.0. The topological polar surface area (TPSA) is 23.5 Å². The number of hydrogen-bond acceptors (Lipinski definition) is 3. The summed E-state index contributed by atoms with van der Waals surface area (Å²) < 4.78 is 1.11. The molecule has 0 unspecified atom stereocenters. The number of aryl methyl sites for hydroxylation is 1. The van der Waals surface area contributed by atoms with Crippen molar-refractivity contribution in [2.75, 3.05) is 13.1 Å². The molecule has 156 valence electrons. The van der Waals surface area contributed by atoms with E-state index in [0.717, 1.165) is 23.2 Å². The van der Waals surface area contributed by atoms with Crippen molar-refractivity contribution in [1.82, 2.24) is 4.90 Å². The summed E-state index contributed by atoms with van der Waals surface area (Å²) in [5.74, 6) is 0.309. The van der Waals surface area contributed by atoms with Gasteiger partial charge in [0.1, 0.15) is 5.75 Å². The molecule has 1 saturated heterocycles. The highest BCUT2D eigenvalue weighted by Gasteiger charge is 2.18. The summed E-state index contributed by atoms with van der Waals surface area (Å²) in [6.07, 6.45) is 2.18. The summed E-state index contributed by atoms with van der Waals surface area (Å²) in [5.41, 5.74) is 7.46. The third-order valence-electron chi connectivity index (χ3n) is 6.28. The van der Waals surface area contributed by atoms with Crippen LogP contribution in [-0.4, -0.2) is 23.1 Å². The average molecular weight is 426 g/mol. The van der Waals surface area contributed by atoms with E-state index in [0.29, 0.717) is 5.75 Å². The number of phenolic OH excluding ortho intramolecular Hbond substituents is 1. The number of likely N-dealkylation sites (tertiary alicyclic amines) is 1. The van der Waals surface area contributed by atoms with E-state index in [1.54, 1.807) is 17.4 Å².